The molecule has 0 aromatic carbocycles. The fraction of sp³-hybridized carbons (Fsp3) is 0.692. The summed E-state index contributed by atoms with van der Waals surface area (Å²) in [5.74, 6) is 1.87. The summed E-state index contributed by atoms with van der Waals surface area (Å²) in [5, 5.41) is 3.47. The normalized spacial score (nSPS) is 22.6. The number of aryl methyl sites for hydroxylation is 1. The van der Waals surface area contributed by atoms with Gasteiger partial charge in [-0.15, -0.1) is 0 Å². The summed E-state index contributed by atoms with van der Waals surface area (Å²) < 4.78 is 16.9. The van der Waals surface area contributed by atoms with Gasteiger partial charge in [0.25, 0.3) is 0 Å². The molecule has 96 valence electrons. The van der Waals surface area contributed by atoms with Crippen LogP contribution in [-0.2, 0) is 9.47 Å². The summed E-state index contributed by atoms with van der Waals surface area (Å²) in [6, 6.07) is 4.09. The molecule has 1 N–H and O–H groups in total. The molecule has 0 spiro atoms. The SMILES string of the molecule is CCCNC(c1ccc(C)o1)C1COCCO1. The molecule has 4 nitrogen and oxygen atoms in total. The van der Waals surface area contributed by atoms with Crippen LogP contribution in [0.25, 0.3) is 0 Å². The van der Waals surface area contributed by atoms with Gasteiger partial charge in [-0.05, 0) is 32.0 Å². The first kappa shape index (κ1) is 12.6. The van der Waals surface area contributed by atoms with Crippen molar-refractivity contribution in [2.45, 2.75) is 32.4 Å². The highest BCUT2D eigenvalue weighted by atomic mass is 16.6. The molecule has 17 heavy (non-hydrogen) atoms. The van der Waals surface area contributed by atoms with Gasteiger partial charge in [0.2, 0.25) is 0 Å². The number of furan rings is 1. The van der Waals surface area contributed by atoms with Crippen LogP contribution in [0.5, 0.6) is 0 Å². The number of hydrogen-bond donors (Lipinski definition) is 1. The average molecular weight is 239 g/mol. The van der Waals surface area contributed by atoms with E-state index in [-0.39, 0.29) is 12.1 Å². The van der Waals surface area contributed by atoms with E-state index in [4.69, 9.17) is 13.9 Å². The van der Waals surface area contributed by atoms with Gasteiger partial charge in [-0.3, -0.25) is 0 Å². The summed E-state index contributed by atoms with van der Waals surface area (Å²) >= 11 is 0. The molecule has 1 aromatic heterocycles. The van der Waals surface area contributed by atoms with Gasteiger partial charge in [0, 0.05) is 0 Å². The van der Waals surface area contributed by atoms with Crippen molar-refractivity contribution in [2.24, 2.45) is 0 Å². The molecule has 2 unspecified atom stereocenters. The summed E-state index contributed by atoms with van der Waals surface area (Å²) in [7, 11) is 0. The third-order valence-electron chi connectivity index (χ3n) is 2.90. The fourth-order valence-corrected chi connectivity index (χ4v) is 2.03. The first-order chi connectivity index (χ1) is 8.31. The van der Waals surface area contributed by atoms with E-state index in [2.05, 4.69) is 12.2 Å². The van der Waals surface area contributed by atoms with Crippen LogP contribution in [0.15, 0.2) is 16.5 Å². The summed E-state index contributed by atoms with van der Waals surface area (Å²) in [5.41, 5.74) is 0. The highest BCUT2D eigenvalue weighted by Crippen LogP contribution is 2.23. The maximum atomic E-state index is 5.75. The molecule has 0 amide bonds. The Labute approximate surface area is 102 Å². The maximum Gasteiger partial charge on any atom is 0.123 e. The predicted octanol–water partition coefficient (Wildman–Crippen LogP) is 2.04. The first-order valence-corrected chi connectivity index (χ1v) is 6.30. The van der Waals surface area contributed by atoms with Gasteiger partial charge >= 0.3 is 0 Å². The maximum absolute atomic E-state index is 5.75. The molecule has 0 saturated carbocycles. The monoisotopic (exact) mass is 239 g/mol. The Bertz CT molecular complexity index is 331. The molecule has 2 rings (SSSR count). The van der Waals surface area contributed by atoms with E-state index >= 15 is 0 Å². The van der Waals surface area contributed by atoms with Crippen molar-refractivity contribution in [3.8, 4) is 0 Å². The van der Waals surface area contributed by atoms with E-state index in [1.165, 1.54) is 0 Å². The van der Waals surface area contributed by atoms with Gasteiger partial charge < -0.3 is 19.2 Å². The minimum Gasteiger partial charge on any atom is -0.465 e. The van der Waals surface area contributed by atoms with Crippen molar-refractivity contribution in [3.05, 3.63) is 23.7 Å². The third-order valence-corrected chi connectivity index (χ3v) is 2.90. The van der Waals surface area contributed by atoms with Gasteiger partial charge in [-0.1, -0.05) is 6.92 Å². The Hall–Kier alpha value is -0.840. The second-order valence-corrected chi connectivity index (χ2v) is 4.36. The predicted molar refractivity (Wildman–Crippen MR) is 65.0 cm³/mol. The summed E-state index contributed by atoms with van der Waals surface area (Å²) in [6.45, 7) is 7.03. The van der Waals surface area contributed by atoms with Crippen LogP contribution >= 0.6 is 0 Å². The Morgan fingerprint density at radius 1 is 1.41 bits per heavy atom. The molecule has 2 atom stereocenters. The van der Waals surface area contributed by atoms with Gasteiger partial charge in [-0.25, -0.2) is 0 Å². The molecule has 1 saturated heterocycles. The quantitative estimate of drug-likeness (QED) is 0.854. The van der Waals surface area contributed by atoms with Gasteiger partial charge in [0.15, 0.2) is 0 Å². The number of rotatable bonds is 5. The van der Waals surface area contributed by atoms with Gasteiger partial charge in [0.05, 0.1) is 25.9 Å². The topological polar surface area (TPSA) is 43.6 Å². The van der Waals surface area contributed by atoms with Crippen LogP contribution in [0, 0.1) is 6.92 Å². The summed E-state index contributed by atoms with van der Waals surface area (Å²) in [6.07, 6.45) is 1.13. The van der Waals surface area contributed by atoms with E-state index in [1.807, 2.05) is 19.1 Å². The highest BCUT2D eigenvalue weighted by Gasteiger charge is 2.28. The van der Waals surface area contributed by atoms with E-state index in [0.717, 1.165) is 24.5 Å². The van der Waals surface area contributed by atoms with Crippen LogP contribution in [0.1, 0.15) is 30.9 Å². The Morgan fingerprint density at radius 2 is 2.29 bits per heavy atom. The van der Waals surface area contributed by atoms with Gasteiger partial charge in [-0.2, -0.15) is 0 Å². The average Bonchev–Trinajstić information content (AvgIpc) is 2.78. The zero-order chi connectivity index (χ0) is 12.1. The van der Waals surface area contributed by atoms with Crippen LogP contribution in [0.3, 0.4) is 0 Å². The van der Waals surface area contributed by atoms with Crippen molar-refractivity contribution >= 4 is 0 Å². The Balaban J connectivity index is 2.06. The standard InChI is InChI=1S/C13H21NO3/c1-3-6-14-13(11-5-4-10(2)17-11)12-9-15-7-8-16-12/h4-5,12-14H,3,6-9H2,1-2H3. The molecule has 0 bridgehead atoms. The van der Waals surface area contributed by atoms with Crippen LogP contribution < -0.4 is 5.32 Å². The van der Waals surface area contributed by atoms with E-state index in [1.54, 1.807) is 0 Å². The lowest BCUT2D eigenvalue weighted by atomic mass is 10.1. The largest absolute Gasteiger partial charge is 0.465 e. The lowest BCUT2D eigenvalue weighted by Crippen LogP contribution is -2.40. The lowest BCUT2D eigenvalue weighted by molar-refractivity contribution is -0.104. The van der Waals surface area contributed by atoms with Crippen LogP contribution in [0.4, 0.5) is 0 Å². The number of nitrogens with one attached hydrogen (secondary N) is 1. The third kappa shape index (κ3) is 3.31. The van der Waals surface area contributed by atoms with Gasteiger partial charge in [0.1, 0.15) is 17.6 Å². The van der Waals surface area contributed by atoms with Crippen LogP contribution in [0.2, 0.25) is 0 Å². The highest BCUT2D eigenvalue weighted by molar-refractivity contribution is 5.11. The second kappa shape index (κ2) is 6.19. The molecule has 1 fully saturated rings. The molecule has 1 aromatic rings. The van der Waals surface area contributed by atoms with Crippen molar-refractivity contribution < 1.29 is 13.9 Å². The molecule has 2 heterocycles. The van der Waals surface area contributed by atoms with E-state index in [9.17, 15) is 0 Å². The molecule has 1 aliphatic rings. The van der Waals surface area contributed by atoms with Crippen molar-refractivity contribution in [1.29, 1.82) is 0 Å². The molecule has 0 radical (unpaired) electrons. The van der Waals surface area contributed by atoms with Crippen molar-refractivity contribution in [3.63, 3.8) is 0 Å². The zero-order valence-electron chi connectivity index (χ0n) is 10.6. The fourth-order valence-electron chi connectivity index (χ4n) is 2.03. The minimum atomic E-state index is 0.0425. The van der Waals surface area contributed by atoms with Crippen molar-refractivity contribution in [1.82, 2.24) is 5.32 Å². The first-order valence-electron chi connectivity index (χ1n) is 6.30. The van der Waals surface area contributed by atoms with Crippen molar-refractivity contribution in [2.75, 3.05) is 26.4 Å². The van der Waals surface area contributed by atoms with E-state index in [0.29, 0.717) is 19.8 Å². The lowest BCUT2D eigenvalue weighted by Gasteiger charge is -2.30. The summed E-state index contributed by atoms with van der Waals surface area (Å²) in [4.78, 5) is 0. The molecule has 0 aliphatic carbocycles. The molecule has 4 heteroatoms. The molecule has 1 aliphatic heterocycles. The van der Waals surface area contributed by atoms with Crippen LogP contribution in [-0.4, -0.2) is 32.5 Å². The Kier molecular flexibility index (Phi) is 4.59. The minimum absolute atomic E-state index is 0.0425. The second-order valence-electron chi connectivity index (χ2n) is 4.36. The Morgan fingerprint density at radius 3 is 2.88 bits per heavy atom. The van der Waals surface area contributed by atoms with E-state index < -0.39 is 0 Å². The number of ether oxygens (including phenoxy) is 2. The number of hydrogen-bond acceptors (Lipinski definition) is 4. The molecular formula is C13H21NO3. The smallest absolute Gasteiger partial charge is 0.123 e. The molecular weight excluding hydrogens is 218 g/mol. The zero-order valence-corrected chi connectivity index (χ0v) is 10.6.